The van der Waals surface area contributed by atoms with E-state index in [0.717, 1.165) is 30.2 Å². The van der Waals surface area contributed by atoms with Crippen molar-refractivity contribution < 1.29 is 32.7 Å². The molecule has 0 atom stereocenters. The third-order valence-corrected chi connectivity index (χ3v) is 6.76. The molecule has 0 spiro atoms. The van der Waals surface area contributed by atoms with E-state index in [-0.39, 0.29) is 47.6 Å². The molecule has 1 aliphatic rings. The van der Waals surface area contributed by atoms with E-state index in [0.29, 0.717) is 0 Å². The summed E-state index contributed by atoms with van der Waals surface area (Å²) in [7, 11) is 0. The van der Waals surface area contributed by atoms with Gasteiger partial charge in [0, 0.05) is 56.7 Å². The molecule has 1 aliphatic carbocycles. The second kappa shape index (κ2) is 35.0. The standard InChI is InChI=1S/C13H10.C12H11N.C8H14N2.5C2H6.CH4.CH3.Y/c1-3-7-12-10(5-1)9-11-6-2-4-8-13(11)12;1-10-6-2-3-7-11(10)12-8-4-5-9-13-12;1-5-10-7(3)6(2)9-8(10)4;5*1-2;;;/h1-8H,9H2;2-9H,1H3;5H2,1-4H3;5*1-2H3;1H4;1H3;/q;;;;;;;;;-1;. The first-order valence-corrected chi connectivity index (χ1v) is 17.6. The van der Waals surface area contributed by atoms with Crippen molar-refractivity contribution in [3.8, 4) is 22.4 Å². The zero-order valence-electron chi connectivity index (χ0n) is 33.6. The first-order valence-electron chi connectivity index (χ1n) is 17.6. The van der Waals surface area contributed by atoms with Crippen LogP contribution in [0.15, 0.2) is 97.2 Å². The predicted molar refractivity (Wildman–Crippen MR) is 221 cm³/mol. The van der Waals surface area contributed by atoms with E-state index in [2.05, 4.69) is 103 Å². The van der Waals surface area contributed by atoms with Gasteiger partial charge in [-0.15, -0.1) is 0 Å². The maximum Gasteiger partial charge on any atom is 0.106 e. The summed E-state index contributed by atoms with van der Waals surface area (Å²) >= 11 is 0. The minimum absolute atomic E-state index is 0. The second-order valence-corrected chi connectivity index (χ2v) is 9.10. The van der Waals surface area contributed by atoms with Gasteiger partial charge in [0.15, 0.2) is 0 Å². The third-order valence-electron chi connectivity index (χ3n) is 6.76. The van der Waals surface area contributed by atoms with E-state index < -0.39 is 0 Å². The van der Waals surface area contributed by atoms with E-state index in [1.807, 2.05) is 113 Å². The van der Waals surface area contributed by atoms with Crippen LogP contribution < -0.4 is 0 Å². The number of imidazole rings is 1. The van der Waals surface area contributed by atoms with Crippen molar-refractivity contribution in [2.45, 2.75) is 124 Å². The van der Waals surface area contributed by atoms with Gasteiger partial charge in [-0.2, -0.15) is 0 Å². The van der Waals surface area contributed by atoms with Crippen LogP contribution in [0.2, 0.25) is 0 Å². The van der Waals surface area contributed by atoms with Crippen molar-refractivity contribution >= 4 is 0 Å². The molecule has 3 aromatic carbocycles. The summed E-state index contributed by atoms with van der Waals surface area (Å²) < 4.78 is 2.22. The Morgan fingerprint density at radius 2 is 0.980 bits per heavy atom. The second-order valence-electron chi connectivity index (χ2n) is 9.10. The predicted octanol–water partition coefficient (Wildman–Crippen LogP) is 14.4. The summed E-state index contributed by atoms with van der Waals surface area (Å²) in [5, 5.41) is 0. The molecule has 0 aliphatic heterocycles. The minimum atomic E-state index is 0. The van der Waals surface area contributed by atoms with Crippen LogP contribution in [-0.4, -0.2) is 14.5 Å². The van der Waals surface area contributed by atoms with Crippen LogP contribution >= 0.6 is 0 Å². The first-order chi connectivity index (χ1) is 22.5. The molecule has 0 bridgehead atoms. The molecule has 0 amide bonds. The van der Waals surface area contributed by atoms with Crippen LogP contribution in [0.1, 0.15) is 117 Å². The Morgan fingerprint density at radius 3 is 1.33 bits per heavy atom. The number of hydrogen-bond donors (Lipinski definition) is 0. The Morgan fingerprint density at radius 1 is 0.571 bits per heavy atom. The zero-order chi connectivity index (χ0) is 35.5. The van der Waals surface area contributed by atoms with Crippen LogP contribution in [0, 0.1) is 35.1 Å². The minimum Gasteiger partial charge on any atom is -0.358 e. The van der Waals surface area contributed by atoms with Crippen molar-refractivity contribution in [1.82, 2.24) is 14.5 Å². The number of aromatic nitrogens is 3. The van der Waals surface area contributed by atoms with E-state index >= 15 is 0 Å². The van der Waals surface area contributed by atoms with Gasteiger partial charge in [0.1, 0.15) is 5.82 Å². The summed E-state index contributed by atoms with van der Waals surface area (Å²) in [4.78, 5) is 8.65. The van der Waals surface area contributed by atoms with Gasteiger partial charge in [-0.25, -0.2) is 4.98 Å². The van der Waals surface area contributed by atoms with Crippen molar-refractivity contribution in [1.29, 1.82) is 0 Å². The fourth-order valence-corrected chi connectivity index (χ4v) is 4.75. The fourth-order valence-electron chi connectivity index (χ4n) is 4.75. The maximum atomic E-state index is 4.34. The average molecular weight is 744 g/mol. The molecule has 1 radical (unpaired) electrons. The molecule has 0 unspecified atom stereocenters. The SMILES string of the molecule is C.CC.CC.CC.CC.CC.CCn1c(C)nc(C)c1C.Cc1ccccc1-c1ccccn1.[CH3-].[Y].c1ccc2c(c1)Cc1ccccc1-2. The normalized spacial score (nSPS) is 8.63. The van der Waals surface area contributed by atoms with Gasteiger partial charge >= 0.3 is 0 Å². The molecule has 6 rings (SSSR count). The van der Waals surface area contributed by atoms with Gasteiger partial charge in [0.05, 0.1) is 11.4 Å². The van der Waals surface area contributed by atoms with E-state index in [1.165, 1.54) is 39.1 Å². The molecule has 0 fully saturated rings. The van der Waals surface area contributed by atoms with E-state index in [1.54, 1.807) is 0 Å². The van der Waals surface area contributed by atoms with Crippen molar-refractivity contribution in [2.75, 3.05) is 0 Å². The Balaban J connectivity index is -0.000000171. The van der Waals surface area contributed by atoms with Gasteiger partial charge < -0.3 is 12.0 Å². The van der Waals surface area contributed by atoms with Gasteiger partial charge in [-0.1, -0.05) is 156 Å². The molecule has 0 saturated heterocycles. The molecule has 2 aromatic heterocycles. The van der Waals surface area contributed by atoms with Gasteiger partial charge in [0.25, 0.3) is 0 Å². The summed E-state index contributed by atoms with van der Waals surface area (Å²) in [6, 6.07) is 31.6. The third kappa shape index (κ3) is 18.1. The Hall–Kier alpha value is -2.88. The molecule has 2 heterocycles. The van der Waals surface area contributed by atoms with Crippen molar-refractivity contribution in [3.63, 3.8) is 0 Å². The Kier molecular flexibility index (Phi) is 39.6. The number of nitrogens with zero attached hydrogens (tertiary/aromatic N) is 3. The maximum absolute atomic E-state index is 4.34. The van der Waals surface area contributed by atoms with Crippen LogP contribution in [-0.2, 0) is 45.7 Å². The zero-order valence-corrected chi connectivity index (χ0v) is 36.4. The topological polar surface area (TPSA) is 30.7 Å². The molecule has 0 N–H and O–H groups in total. The molecule has 3 nitrogen and oxygen atoms in total. The van der Waals surface area contributed by atoms with Gasteiger partial charge in [-0.05, 0) is 81.0 Å². The molecule has 49 heavy (non-hydrogen) atoms. The molecule has 4 heteroatoms. The summed E-state index contributed by atoms with van der Waals surface area (Å²) in [5.41, 5.74) is 11.7. The number of pyridine rings is 1. The van der Waals surface area contributed by atoms with Crippen molar-refractivity contribution in [2.24, 2.45) is 0 Å². The number of hydrogen-bond acceptors (Lipinski definition) is 2. The van der Waals surface area contributed by atoms with Gasteiger partial charge in [-0.3, -0.25) is 4.98 Å². The van der Waals surface area contributed by atoms with Crippen LogP contribution in [0.4, 0.5) is 0 Å². The Labute approximate surface area is 330 Å². The largest absolute Gasteiger partial charge is 0.358 e. The van der Waals surface area contributed by atoms with Crippen LogP contribution in [0.25, 0.3) is 22.4 Å². The number of rotatable bonds is 2. The molecule has 0 saturated carbocycles. The monoisotopic (exact) mass is 743 g/mol. The number of aryl methyl sites for hydroxylation is 3. The molecular formula is C45H72N3Y-. The Bertz CT molecular complexity index is 1390. The van der Waals surface area contributed by atoms with Crippen LogP contribution in [0.5, 0.6) is 0 Å². The molecule has 5 aromatic rings. The average Bonchev–Trinajstić information content (AvgIpc) is 3.64. The summed E-state index contributed by atoms with van der Waals surface area (Å²) in [5.74, 6) is 1.12. The summed E-state index contributed by atoms with van der Waals surface area (Å²) in [6.45, 7) is 31.5. The fraction of sp³-hybridized carbons (Fsp3) is 0.400. The van der Waals surface area contributed by atoms with Gasteiger partial charge in [0.2, 0.25) is 0 Å². The van der Waals surface area contributed by atoms with E-state index in [4.69, 9.17) is 0 Å². The number of benzene rings is 3. The molecular weight excluding hydrogens is 671 g/mol. The van der Waals surface area contributed by atoms with E-state index in [9.17, 15) is 0 Å². The smallest absolute Gasteiger partial charge is 0.106 e. The number of fused-ring (bicyclic) bond motifs is 3. The first kappa shape index (κ1) is 55.5. The quantitative estimate of drug-likeness (QED) is 0.165. The molecule has 271 valence electrons. The van der Waals surface area contributed by atoms with Crippen LogP contribution in [0.3, 0.4) is 0 Å². The van der Waals surface area contributed by atoms with Crippen molar-refractivity contribution in [3.05, 3.63) is 139 Å². The summed E-state index contributed by atoms with van der Waals surface area (Å²) in [6.07, 6.45) is 2.92.